The molecule has 35 heavy (non-hydrogen) atoms. The highest BCUT2D eigenvalue weighted by atomic mass is 16.5. The zero-order valence-electron chi connectivity index (χ0n) is 20.2. The number of benzene rings is 2. The molecule has 0 saturated carbocycles. The Balaban J connectivity index is 1.30. The topological polar surface area (TPSA) is 95.9 Å². The van der Waals surface area contributed by atoms with E-state index in [9.17, 15) is 14.4 Å². The third-order valence-electron chi connectivity index (χ3n) is 7.07. The van der Waals surface area contributed by atoms with Gasteiger partial charge in [-0.2, -0.15) is 0 Å². The van der Waals surface area contributed by atoms with E-state index in [0.29, 0.717) is 25.9 Å². The lowest BCUT2D eigenvalue weighted by Crippen LogP contribution is -2.51. The summed E-state index contributed by atoms with van der Waals surface area (Å²) < 4.78 is 5.67. The van der Waals surface area contributed by atoms with Crippen molar-refractivity contribution < 1.29 is 24.2 Å². The van der Waals surface area contributed by atoms with Crippen LogP contribution < -0.4 is 5.32 Å². The van der Waals surface area contributed by atoms with Crippen LogP contribution in [0.3, 0.4) is 0 Å². The second kappa shape index (κ2) is 11.4. The number of carboxylic acid groups (broad SMARTS) is 1. The Kier molecular flexibility index (Phi) is 8.06. The van der Waals surface area contributed by atoms with E-state index >= 15 is 0 Å². The van der Waals surface area contributed by atoms with Crippen molar-refractivity contribution in [2.24, 2.45) is 5.92 Å². The molecule has 0 spiro atoms. The van der Waals surface area contributed by atoms with Gasteiger partial charge in [0.25, 0.3) is 0 Å². The molecule has 1 heterocycles. The average molecular weight is 479 g/mol. The summed E-state index contributed by atoms with van der Waals surface area (Å²) in [5.41, 5.74) is 4.68. The first-order valence-electron chi connectivity index (χ1n) is 12.6. The fraction of sp³-hybridized carbons (Fsp3) is 0.464. The van der Waals surface area contributed by atoms with E-state index in [2.05, 4.69) is 36.5 Å². The van der Waals surface area contributed by atoms with Gasteiger partial charge in [0.15, 0.2) is 0 Å². The molecule has 4 rings (SSSR count). The number of likely N-dealkylation sites (tertiary alicyclic amines) is 1. The van der Waals surface area contributed by atoms with Crippen molar-refractivity contribution in [1.29, 1.82) is 0 Å². The van der Waals surface area contributed by atoms with E-state index in [-0.39, 0.29) is 43.2 Å². The molecule has 186 valence electrons. The van der Waals surface area contributed by atoms with Crippen molar-refractivity contribution in [2.45, 2.75) is 57.4 Å². The van der Waals surface area contributed by atoms with Crippen molar-refractivity contribution in [3.05, 3.63) is 59.7 Å². The quantitative estimate of drug-likeness (QED) is 0.484. The largest absolute Gasteiger partial charge is 0.481 e. The number of carbonyl (C=O) groups is 3. The van der Waals surface area contributed by atoms with Crippen LogP contribution in [0.5, 0.6) is 0 Å². The molecule has 0 radical (unpaired) electrons. The van der Waals surface area contributed by atoms with E-state index in [1.165, 1.54) is 11.1 Å². The summed E-state index contributed by atoms with van der Waals surface area (Å²) in [7, 11) is 0. The van der Waals surface area contributed by atoms with Gasteiger partial charge in [-0.3, -0.25) is 9.59 Å². The fourth-order valence-corrected chi connectivity index (χ4v) is 5.11. The van der Waals surface area contributed by atoms with E-state index in [1.54, 1.807) is 4.90 Å². The third-order valence-corrected chi connectivity index (χ3v) is 7.07. The van der Waals surface area contributed by atoms with Gasteiger partial charge in [-0.25, -0.2) is 4.79 Å². The van der Waals surface area contributed by atoms with Gasteiger partial charge in [-0.05, 0) is 41.0 Å². The van der Waals surface area contributed by atoms with Crippen LogP contribution in [0, 0.1) is 5.92 Å². The molecule has 2 aromatic carbocycles. The monoisotopic (exact) mass is 478 g/mol. The lowest BCUT2D eigenvalue weighted by atomic mass is 9.93. The fourth-order valence-electron chi connectivity index (χ4n) is 5.11. The average Bonchev–Trinajstić information content (AvgIpc) is 3.13. The second-order valence-corrected chi connectivity index (χ2v) is 9.61. The SMILES string of the molecule is CCCC[C@H](CC(=O)N1CC(CCC(=O)O)C1)NC(=O)OCC1c2ccccc2-c2ccccc21. The summed E-state index contributed by atoms with van der Waals surface area (Å²) in [5.74, 6) is -0.565. The van der Waals surface area contributed by atoms with Crippen LogP contribution in [0.4, 0.5) is 4.79 Å². The number of aliphatic carboxylic acids is 1. The molecule has 0 unspecified atom stereocenters. The molecule has 1 aliphatic heterocycles. The summed E-state index contributed by atoms with van der Waals surface area (Å²) in [6.45, 7) is 3.51. The van der Waals surface area contributed by atoms with E-state index < -0.39 is 12.1 Å². The predicted octanol–water partition coefficient (Wildman–Crippen LogP) is 4.80. The minimum Gasteiger partial charge on any atom is -0.481 e. The van der Waals surface area contributed by atoms with E-state index in [4.69, 9.17) is 9.84 Å². The zero-order valence-corrected chi connectivity index (χ0v) is 20.2. The Bertz CT molecular complexity index is 1020. The molecule has 1 saturated heterocycles. The number of unbranched alkanes of at least 4 members (excludes halogenated alkanes) is 1. The van der Waals surface area contributed by atoms with Crippen LogP contribution in [0.2, 0.25) is 0 Å². The number of nitrogens with zero attached hydrogens (tertiary/aromatic N) is 1. The van der Waals surface area contributed by atoms with Crippen molar-refractivity contribution in [3.8, 4) is 11.1 Å². The molecule has 1 fully saturated rings. The Morgan fingerprint density at radius 1 is 1.06 bits per heavy atom. The minimum atomic E-state index is -0.804. The Morgan fingerprint density at radius 3 is 2.29 bits per heavy atom. The molecule has 0 bridgehead atoms. The lowest BCUT2D eigenvalue weighted by Gasteiger charge is -2.40. The molecular weight excluding hydrogens is 444 g/mol. The molecule has 1 atom stereocenters. The Labute approximate surface area is 206 Å². The van der Waals surface area contributed by atoms with Crippen LogP contribution in [-0.4, -0.2) is 53.7 Å². The van der Waals surface area contributed by atoms with Gasteiger partial charge in [-0.15, -0.1) is 0 Å². The second-order valence-electron chi connectivity index (χ2n) is 9.61. The maximum absolute atomic E-state index is 12.7. The number of ether oxygens (including phenoxy) is 1. The van der Waals surface area contributed by atoms with Gasteiger partial charge in [0.2, 0.25) is 5.91 Å². The third kappa shape index (κ3) is 6.02. The summed E-state index contributed by atoms with van der Waals surface area (Å²) in [6, 6.07) is 16.1. The lowest BCUT2D eigenvalue weighted by molar-refractivity contribution is -0.139. The van der Waals surface area contributed by atoms with E-state index in [0.717, 1.165) is 24.0 Å². The number of carboxylic acids is 1. The van der Waals surface area contributed by atoms with Gasteiger partial charge in [0, 0.05) is 37.9 Å². The standard InChI is InChI=1S/C28H34N2O5/c1-2-3-8-20(15-26(31)30-16-19(17-30)13-14-27(32)33)29-28(34)35-18-25-23-11-6-4-9-21(23)22-10-5-7-12-24(22)25/h4-7,9-12,19-20,25H,2-3,8,13-18H2,1H3,(H,29,34)(H,32,33)/t20-/m1/s1. The molecule has 7 heteroatoms. The van der Waals surface area contributed by atoms with Gasteiger partial charge in [-0.1, -0.05) is 68.3 Å². The number of carbonyl (C=O) groups excluding carboxylic acids is 2. The number of amides is 2. The first-order valence-corrected chi connectivity index (χ1v) is 12.6. The van der Waals surface area contributed by atoms with Crippen molar-refractivity contribution in [2.75, 3.05) is 19.7 Å². The maximum atomic E-state index is 12.7. The van der Waals surface area contributed by atoms with E-state index in [1.807, 2.05) is 24.3 Å². The number of hydrogen-bond acceptors (Lipinski definition) is 4. The zero-order chi connectivity index (χ0) is 24.8. The van der Waals surface area contributed by atoms with Crippen molar-refractivity contribution in [1.82, 2.24) is 10.2 Å². The first kappa shape index (κ1) is 24.8. The highest BCUT2D eigenvalue weighted by Gasteiger charge is 2.32. The van der Waals surface area contributed by atoms with Crippen LogP contribution >= 0.6 is 0 Å². The van der Waals surface area contributed by atoms with Crippen LogP contribution in [0.1, 0.15) is 62.5 Å². The molecule has 0 aromatic heterocycles. The van der Waals surface area contributed by atoms with Crippen LogP contribution in [-0.2, 0) is 14.3 Å². The highest BCUT2D eigenvalue weighted by Crippen LogP contribution is 2.44. The molecule has 2 amide bonds. The molecular formula is C28H34N2O5. The molecule has 7 nitrogen and oxygen atoms in total. The number of hydrogen-bond donors (Lipinski definition) is 2. The minimum absolute atomic E-state index is 0.00312. The normalized spacial score (nSPS) is 15.6. The molecule has 2 aromatic rings. The Hall–Kier alpha value is -3.35. The van der Waals surface area contributed by atoms with Crippen molar-refractivity contribution in [3.63, 3.8) is 0 Å². The summed E-state index contributed by atoms with van der Waals surface area (Å²) >= 11 is 0. The Morgan fingerprint density at radius 2 is 1.69 bits per heavy atom. The smallest absolute Gasteiger partial charge is 0.407 e. The summed E-state index contributed by atoms with van der Waals surface area (Å²) in [5, 5.41) is 11.7. The first-order chi connectivity index (χ1) is 17.0. The van der Waals surface area contributed by atoms with Crippen LogP contribution in [0.15, 0.2) is 48.5 Å². The maximum Gasteiger partial charge on any atom is 0.407 e. The number of rotatable bonds is 11. The highest BCUT2D eigenvalue weighted by molar-refractivity contribution is 5.80. The predicted molar refractivity (Wildman–Crippen MR) is 133 cm³/mol. The summed E-state index contributed by atoms with van der Waals surface area (Å²) in [4.78, 5) is 37.9. The molecule has 1 aliphatic carbocycles. The number of alkyl carbamates (subject to hydrolysis) is 1. The van der Waals surface area contributed by atoms with Crippen molar-refractivity contribution >= 4 is 18.0 Å². The van der Waals surface area contributed by atoms with Crippen LogP contribution in [0.25, 0.3) is 11.1 Å². The molecule has 2 aliphatic rings. The summed E-state index contributed by atoms with van der Waals surface area (Å²) in [6.07, 6.45) is 3.05. The molecule has 2 N–H and O–H groups in total. The number of fused-ring (bicyclic) bond motifs is 3. The van der Waals surface area contributed by atoms with Gasteiger partial charge >= 0.3 is 12.1 Å². The number of nitrogens with one attached hydrogen (secondary N) is 1. The van der Waals surface area contributed by atoms with Gasteiger partial charge in [0.1, 0.15) is 6.61 Å². The van der Waals surface area contributed by atoms with Gasteiger partial charge < -0.3 is 20.1 Å². The van der Waals surface area contributed by atoms with Gasteiger partial charge in [0.05, 0.1) is 0 Å².